The molecule has 0 aliphatic carbocycles. The summed E-state index contributed by atoms with van der Waals surface area (Å²) in [5.74, 6) is 1.02. The molecule has 2 aromatic rings. The Bertz CT molecular complexity index is 568. The van der Waals surface area contributed by atoms with Crippen molar-refractivity contribution in [1.82, 2.24) is 10.3 Å². The minimum Gasteiger partial charge on any atom is -0.355 e. The molecule has 2 heterocycles. The van der Waals surface area contributed by atoms with Gasteiger partial charge in [-0.3, -0.25) is 0 Å². The van der Waals surface area contributed by atoms with E-state index in [-0.39, 0.29) is 0 Å². The van der Waals surface area contributed by atoms with Gasteiger partial charge in [0.2, 0.25) is 0 Å². The predicted octanol–water partition coefficient (Wildman–Crippen LogP) is 3.96. The maximum atomic E-state index is 4.71. The van der Waals surface area contributed by atoms with Crippen molar-refractivity contribution in [1.29, 1.82) is 0 Å². The number of aryl methyl sites for hydroxylation is 1. The zero-order valence-corrected chi connectivity index (χ0v) is 14.5. The normalized spacial score (nSPS) is 10.8. The number of nitrogens with one attached hydrogen (secondary N) is 1. The van der Waals surface area contributed by atoms with Crippen molar-refractivity contribution >= 4 is 33.1 Å². The van der Waals surface area contributed by atoms with Crippen LogP contribution in [0.15, 0.2) is 27.4 Å². The summed E-state index contributed by atoms with van der Waals surface area (Å²) >= 11 is 5.22. The van der Waals surface area contributed by atoms with Gasteiger partial charge in [0.05, 0.1) is 3.79 Å². The molecule has 0 aliphatic rings. The molecule has 3 nitrogen and oxygen atoms in total. The highest BCUT2D eigenvalue weighted by atomic mass is 79.9. The number of anilines is 1. The van der Waals surface area contributed by atoms with Gasteiger partial charge in [-0.15, -0.1) is 11.3 Å². The van der Waals surface area contributed by atoms with Crippen molar-refractivity contribution in [2.24, 2.45) is 0 Å². The summed E-state index contributed by atoms with van der Waals surface area (Å²) < 4.78 is 1.17. The largest absolute Gasteiger partial charge is 0.355 e. The van der Waals surface area contributed by atoms with E-state index in [0.29, 0.717) is 0 Å². The van der Waals surface area contributed by atoms with E-state index in [1.54, 1.807) is 11.3 Å². The highest BCUT2D eigenvalue weighted by molar-refractivity contribution is 9.11. The monoisotopic (exact) mass is 353 g/mol. The van der Waals surface area contributed by atoms with Crippen molar-refractivity contribution in [3.05, 3.63) is 44.2 Å². The second-order valence-corrected chi connectivity index (χ2v) is 7.10. The Balaban J connectivity index is 2.06. The van der Waals surface area contributed by atoms with Gasteiger partial charge < -0.3 is 10.2 Å². The van der Waals surface area contributed by atoms with Crippen LogP contribution in [0, 0.1) is 6.92 Å². The summed E-state index contributed by atoms with van der Waals surface area (Å²) in [6.45, 7) is 6.93. The van der Waals surface area contributed by atoms with Gasteiger partial charge >= 0.3 is 0 Å². The first-order valence-electron chi connectivity index (χ1n) is 6.71. The maximum Gasteiger partial charge on any atom is 0.128 e. The van der Waals surface area contributed by atoms with E-state index in [2.05, 4.69) is 70.6 Å². The fraction of sp³-hybridized carbons (Fsp3) is 0.400. The third-order valence-electron chi connectivity index (χ3n) is 3.18. The second-order valence-electron chi connectivity index (χ2n) is 4.81. The molecule has 0 aliphatic heterocycles. The molecule has 0 fully saturated rings. The van der Waals surface area contributed by atoms with Gasteiger partial charge in [-0.1, -0.05) is 13.0 Å². The molecule has 0 saturated heterocycles. The molecule has 5 heteroatoms. The molecular formula is C15H20BrN3S. The summed E-state index contributed by atoms with van der Waals surface area (Å²) in [7, 11) is 2.08. The van der Waals surface area contributed by atoms with Gasteiger partial charge in [-0.25, -0.2) is 4.98 Å². The molecule has 0 amide bonds. The molecule has 108 valence electrons. The molecule has 20 heavy (non-hydrogen) atoms. The molecule has 0 aromatic carbocycles. The first-order chi connectivity index (χ1) is 9.60. The molecule has 0 saturated carbocycles. The van der Waals surface area contributed by atoms with E-state index in [0.717, 1.165) is 31.1 Å². The van der Waals surface area contributed by atoms with Gasteiger partial charge in [0.25, 0.3) is 0 Å². The highest BCUT2D eigenvalue weighted by Crippen LogP contribution is 2.23. The highest BCUT2D eigenvalue weighted by Gasteiger charge is 2.07. The number of aromatic nitrogens is 1. The smallest absolute Gasteiger partial charge is 0.128 e. The lowest BCUT2D eigenvalue weighted by atomic mass is 10.2. The molecular weight excluding hydrogens is 334 g/mol. The minimum atomic E-state index is 0.876. The SMILES string of the molecule is CCNCc1ccc(N(C)Cc2csc(Br)c2)nc1C. The van der Waals surface area contributed by atoms with E-state index in [1.165, 1.54) is 14.9 Å². The van der Waals surface area contributed by atoms with Crippen LogP contribution in [0.25, 0.3) is 0 Å². The van der Waals surface area contributed by atoms with Crippen LogP contribution in [0.5, 0.6) is 0 Å². The Kier molecular flexibility index (Phi) is 5.57. The van der Waals surface area contributed by atoms with Gasteiger partial charge in [0.15, 0.2) is 0 Å². The topological polar surface area (TPSA) is 28.2 Å². The molecule has 2 aromatic heterocycles. The molecule has 0 bridgehead atoms. The Morgan fingerprint density at radius 1 is 1.40 bits per heavy atom. The predicted molar refractivity (Wildman–Crippen MR) is 90.5 cm³/mol. The second kappa shape index (κ2) is 7.20. The third kappa shape index (κ3) is 4.04. The van der Waals surface area contributed by atoms with Crippen molar-refractivity contribution < 1.29 is 0 Å². The average molecular weight is 354 g/mol. The van der Waals surface area contributed by atoms with E-state index in [9.17, 15) is 0 Å². The zero-order chi connectivity index (χ0) is 14.5. The van der Waals surface area contributed by atoms with Crippen LogP contribution in [0.3, 0.4) is 0 Å². The first kappa shape index (κ1) is 15.5. The van der Waals surface area contributed by atoms with E-state index >= 15 is 0 Å². The third-order valence-corrected chi connectivity index (χ3v) is 4.73. The summed E-state index contributed by atoms with van der Waals surface area (Å²) in [6.07, 6.45) is 0. The van der Waals surface area contributed by atoms with Gasteiger partial charge in [0, 0.05) is 25.8 Å². The lowest BCUT2D eigenvalue weighted by Gasteiger charge is -2.19. The Morgan fingerprint density at radius 3 is 2.80 bits per heavy atom. The number of hydrogen-bond acceptors (Lipinski definition) is 4. The fourth-order valence-electron chi connectivity index (χ4n) is 2.02. The van der Waals surface area contributed by atoms with Crippen LogP contribution in [0.2, 0.25) is 0 Å². The average Bonchev–Trinajstić information content (AvgIpc) is 2.82. The van der Waals surface area contributed by atoms with Crippen LogP contribution in [-0.4, -0.2) is 18.6 Å². The van der Waals surface area contributed by atoms with Crippen LogP contribution in [-0.2, 0) is 13.1 Å². The van der Waals surface area contributed by atoms with E-state index in [1.807, 2.05) is 0 Å². The Morgan fingerprint density at radius 2 is 2.20 bits per heavy atom. The maximum absolute atomic E-state index is 4.71. The van der Waals surface area contributed by atoms with Crippen LogP contribution in [0.1, 0.15) is 23.7 Å². The molecule has 0 spiro atoms. The first-order valence-corrected chi connectivity index (χ1v) is 8.38. The van der Waals surface area contributed by atoms with Crippen molar-refractivity contribution in [3.63, 3.8) is 0 Å². The van der Waals surface area contributed by atoms with Crippen molar-refractivity contribution in [3.8, 4) is 0 Å². The van der Waals surface area contributed by atoms with Crippen molar-refractivity contribution in [2.75, 3.05) is 18.5 Å². The number of pyridine rings is 1. The molecule has 2 rings (SSSR count). The van der Waals surface area contributed by atoms with Gasteiger partial charge in [-0.05, 0) is 58.0 Å². The van der Waals surface area contributed by atoms with Gasteiger partial charge in [-0.2, -0.15) is 0 Å². The van der Waals surface area contributed by atoms with Crippen molar-refractivity contribution in [2.45, 2.75) is 26.9 Å². The number of hydrogen-bond donors (Lipinski definition) is 1. The Hall–Kier alpha value is -0.910. The number of rotatable bonds is 6. The number of nitrogens with zero attached hydrogens (tertiary/aromatic N) is 2. The molecule has 0 atom stereocenters. The summed E-state index contributed by atoms with van der Waals surface area (Å²) in [5.41, 5.74) is 3.67. The Labute approximate surface area is 133 Å². The van der Waals surface area contributed by atoms with Gasteiger partial charge in [0.1, 0.15) is 5.82 Å². The number of halogens is 1. The lowest BCUT2D eigenvalue weighted by molar-refractivity contribution is 0.719. The molecule has 0 unspecified atom stereocenters. The standard InChI is InChI=1S/C15H20BrN3S/c1-4-17-8-13-5-6-15(18-11(13)2)19(3)9-12-7-14(16)20-10-12/h5-7,10,17H,4,8-9H2,1-3H3. The van der Waals surface area contributed by atoms with Crippen LogP contribution >= 0.6 is 27.3 Å². The zero-order valence-electron chi connectivity index (χ0n) is 12.1. The minimum absolute atomic E-state index is 0.876. The van der Waals surface area contributed by atoms with Crippen LogP contribution in [0.4, 0.5) is 5.82 Å². The quantitative estimate of drug-likeness (QED) is 0.851. The summed E-state index contributed by atoms with van der Waals surface area (Å²) in [4.78, 5) is 6.89. The summed E-state index contributed by atoms with van der Waals surface area (Å²) in [6, 6.07) is 6.43. The van der Waals surface area contributed by atoms with Crippen LogP contribution < -0.4 is 10.2 Å². The van der Waals surface area contributed by atoms with E-state index in [4.69, 9.17) is 4.98 Å². The molecule has 1 N–H and O–H groups in total. The van der Waals surface area contributed by atoms with E-state index < -0.39 is 0 Å². The lowest BCUT2D eigenvalue weighted by Crippen LogP contribution is -2.19. The molecule has 0 radical (unpaired) electrons. The number of thiophene rings is 1. The summed E-state index contributed by atoms with van der Waals surface area (Å²) in [5, 5.41) is 5.51. The fourth-order valence-corrected chi connectivity index (χ4v) is 3.22.